The fraction of sp³-hybridized carbons (Fsp3) is 0.400. The number of alkyl halides is 6. The number of benzene rings is 3. The molecule has 1 fully saturated rings. The van der Waals surface area contributed by atoms with Gasteiger partial charge in [0.15, 0.2) is 0 Å². The SMILES string of the molecule is CCCOc1ccc(C[N+]2([O-])CCC(C(O)(c3ccc(OC(F)(F)F)cc3)c3ccc(OC(F)(F)F)cc3)CC2)cc1. The molecular weight excluding hydrogens is 568 g/mol. The summed E-state index contributed by atoms with van der Waals surface area (Å²) in [5.74, 6) is -0.841. The lowest BCUT2D eigenvalue weighted by molar-refractivity contribution is -0.900. The topological polar surface area (TPSA) is 71.0 Å². The quantitative estimate of drug-likeness (QED) is 0.149. The molecule has 1 N–H and O–H groups in total. The number of aliphatic hydroxyl groups is 1. The van der Waals surface area contributed by atoms with Crippen LogP contribution in [0.2, 0.25) is 0 Å². The predicted molar refractivity (Wildman–Crippen MR) is 141 cm³/mol. The van der Waals surface area contributed by atoms with Crippen LogP contribution in [-0.2, 0) is 12.1 Å². The second-order valence-corrected chi connectivity index (χ2v) is 10.3. The van der Waals surface area contributed by atoms with Gasteiger partial charge in [0, 0.05) is 24.3 Å². The molecule has 3 aromatic carbocycles. The highest BCUT2D eigenvalue weighted by molar-refractivity contribution is 5.42. The molecule has 0 aromatic heterocycles. The summed E-state index contributed by atoms with van der Waals surface area (Å²) in [5, 5.41) is 25.8. The van der Waals surface area contributed by atoms with E-state index < -0.39 is 40.4 Å². The van der Waals surface area contributed by atoms with Gasteiger partial charge in [-0.1, -0.05) is 31.2 Å². The minimum Gasteiger partial charge on any atom is -0.633 e. The van der Waals surface area contributed by atoms with Gasteiger partial charge in [0.05, 0.1) is 19.7 Å². The first-order chi connectivity index (χ1) is 19.7. The molecule has 0 saturated carbocycles. The molecule has 42 heavy (non-hydrogen) atoms. The van der Waals surface area contributed by atoms with E-state index in [1.165, 1.54) is 24.3 Å². The van der Waals surface area contributed by atoms with Crippen molar-refractivity contribution in [3.8, 4) is 17.2 Å². The van der Waals surface area contributed by atoms with Gasteiger partial charge < -0.3 is 29.2 Å². The van der Waals surface area contributed by atoms with Crippen molar-refractivity contribution in [3.63, 3.8) is 0 Å². The van der Waals surface area contributed by atoms with Crippen LogP contribution in [-0.4, -0.2) is 42.2 Å². The Morgan fingerprint density at radius 3 is 1.57 bits per heavy atom. The fourth-order valence-electron chi connectivity index (χ4n) is 5.32. The lowest BCUT2D eigenvalue weighted by Crippen LogP contribution is -2.51. The average molecular weight is 600 g/mol. The van der Waals surface area contributed by atoms with Gasteiger partial charge in [-0.3, -0.25) is 0 Å². The zero-order chi connectivity index (χ0) is 30.6. The minimum absolute atomic E-state index is 0.144. The molecule has 4 rings (SSSR count). The summed E-state index contributed by atoms with van der Waals surface area (Å²) in [6.45, 7) is 3.07. The Hall–Kier alpha value is -3.48. The third-order valence-corrected chi connectivity index (χ3v) is 7.28. The maximum Gasteiger partial charge on any atom is 0.573 e. The zero-order valence-electron chi connectivity index (χ0n) is 22.8. The fourth-order valence-corrected chi connectivity index (χ4v) is 5.32. The molecule has 1 aliphatic heterocycles. The van der Waals surface area contributed by atoms with Gasteiger partial charge in [-0.15, -0.1) is 26.3 Å². The highest BCUT2D eigenvalue weighted by atomic mass is 19.4. The monoisotopic (exact) mass is 599 g/mol. The minimum atomic E-state index is -4.91. The number of hydrogen-bond donors (Lipinski definition) is 1. The van der Waals surface area contributed by atoms with Crippen LogP contribution < -0.4 is 14.2 Å². The summed E-state index contributed by atoms with van der Waals surface area (Å²) in [4.78, 5) is 0. The van der Waals surface area contributed by atoms with Crippen molar-refractivity contribution in [1.29, 1.82) is 0 Å². The van der Waals surface area contributed by atoms with Gasteiger partial charge >= 0.3 is 12.7 Å². The van der Waals surface area contributed by atoms with E-state index >= 15 is 0 Å². The van der Waals surface area contributed by atoms with E-state index in [1.54, 1.807) is 12.1 Å². The van der Waals surface area contributed by atoms with E-state index in [4.69, 9.17) is 4.74 Å². The Bertz CT molecular complexity index is 1230. The van der Waals surface area contributed by atoms with Crippen molar-refractivity contribution in [2.75, 3.05) is 19.7 Å². The Labute approximate surface area is 239 Å². The van der Waals surface area contributed by atoms with E-state index in [-0.39, 0.29) is 43.6 Å². The van der Waals surface area contributed by atoms with Crippen LogP contribution in [0.4, 0.5) is 26.3 Å². The first kappa shape index (κ1) is 31.5. The van der Waals surface area contributed by atoms with E-state index in [2.05, 4.69) is 9.47 Å². The van der Waals surface area contributed by atoms with Gasteiger partial charge in [-0.25, -0.2) is 0 Å². The summed E-state index contributed by atoms with van der Waals surface area (Å²) < 4.78 is 89.0. The highest BCUT2D eigenvalue weighted by Crippen LogP contribution is 2.44. The van der Waals surface area contributed by atoms with Crippen molar-refractivity contribution in [2.24, 2.45) is 5.92 Å². The first-order valence-corrected chi connectivity index (χ1v) is 13.4. The van der Waals surface area contributed by atoms with Gasteiger partial charge in [-0.05, 0) is 66.1 Å². The van der Waals surface area contributed by atoms with Gasteiger partial charge in [0.25, 0.3) is 0 Å². The van der Waals surface area contributed by atoms with Crippen molar-refractivity contribution >= 4 is 0 Å². The highest BCUT2D eigenvalue weighted by Gasteiger charge is 2.44. The van der Waals surface area contributed by atoms with Crippen LogP contribution in [0.3, 0.4) is 0 Å². The van der Waals surface area contributed by atoms with Crippen LogP contribution in [0.25, 0.3) is 0 Å². The van der Waals surface area contributed by atoms with Crippen molar-refractivity contribution in [2.45, 2.75) is 51.1 Å². The van der Waals surface area contributed by atoms with Gasteiger partial charge in [-0.2, -0.15) is 0 Å². The van der Waals surface area contributed by atoms with Gasteiger partial charge in [0.2, 0.25) is 0 Å². The third-order valence-electron chi connectivity index (χ3n) is 7.28. The molecule has 0 spiro atoms. The Morgan fingerprint density at radius 1 is 0.738 bits per heavy atom. The van der Waals surface area contributed by atoms with E-state index in [0.717, 1.165) is 36.2 Å². The summed E-state index contributed by atoms with van der Waals surface area (Å²) in [5.41, 5.74) is -0.583. The lowest BCUT2D eigenvalue weighted by atomic mass is 9.72. The van der Waals surface area contributed by atoms with Crippen LogP contribution in [0, 0.1) is 11.1 Å². The molecule has 228 valence electrons. The third kappa shape index (κ3) is 8.08. The predicted octanol–water partition coefficient (Wildman–Crippen LogP) is 7.43. The molecule has 0 bridgehead atoms. The second-order valence-electron chi connectivity index (χ2n) is 10.3. The maximum atomic E-state index is 13.6. The smallest absolute Gasteiger partial charge is 0.573 e. The maximum absolute atomic E-state index is 13.6. The summed E-state index contributed by atoms with van der Waals surface area (Å²) in [7, 11) is 0. The number of hydroxylamine groups is 3. The molecular formula is C30H31F6NO5. The van der Waals surface area contributed by atoms with Crippen LogP contribution in [0.15, 0.2) is 72.8 Å². The molecule has 0 aliphatic carbocycles. The zero-order valence-corrected chi connectivity index (χ0v) is 22.8. The summed E-state index contributed by atoms with van der Waals surface area (Å²) in [6, 6.07) is 16.6. The number of rotatable bonds is 10. The molecule has 12 heteroatoms. The molecule has 0 atom stereocenters. The lowest BCUT2D eigenvalue weighted by Gasteiger charge is -2.50. The number of nitrogens with zero attached hydrogens (tertiary/aromatic N) is 1. The Morgan fingerprint density at radius 2 is 1.17 bits per heavy atom. The van der Waals surface area contributed by atoms with Crippen molar-refractivity contribution in [3.05, 3.63) is 94.7 Å². The Balaban J connectivity index is 1.56. The van der Waals surface area contributed by atoms with Crippen LogP contribution >= 0.6 is 0 Å². The normalized spacial score (nSPS) is 19.8. The molecule has 1 saturated heterocycles. The van der Waals surface area contributed by atoms with E-state index in [9.17, 15) is 36.7 Å². The molecule has 1 aliphatic rings. The van der Waals surface area contributed by atoms with Crippen LogP contribution in [0.1, 0.15) is 42.9 Å². The van der Waals surface area contributed by atoms with Crippen molar-refractivity contribution in [1.82, 2.24) is 0 Å². The first-order valence-electron chi connectivity index (χ1n) is 13.4. The second kappa shape index (κ2) is 12.4. The number of halogens is 6. The summed E-state index contributed by atoms with van der Waals surface area (Å²) in [6.07, 6.45) is -8.45. The molecule has 0 amide bonds. The van der Waals surface area contributed by atoms with Gasteiger partial charge in [0.1, 0.15) is 29.4 Å². The van der Waals surface area contributed by atoms with E-state index in [0.29, 0.717) is 12.4 Å². The van der Waals surface area contributed by atoms with Crippen molar-refractivity contribution < 1.29 is 50.3 Å². The largest absolute Gasteiger partial charge is 0.633 e. The molecule has 3 aromatic rings. The average Bonchev–Trinajstić information content (AvgIpc) is 2.91. The number of quaternary nitrogens is 1. The molecule has 1 heterocycles. The number of piperidine rings is 1. The Kier molecular flexibility index (Phi) is 9.29. The molecule has 0 unspecified atom stereocenters. The number of hydrogen-bond acceptors (Lipinski definition) is 5. The number of likely N-dealkylation sites (tertiary alicyclic amines) is 1. The summed E-state index contributed by atoms with van der Waals surface area (Å²) >= 11 is 0. The van der Waals surface area contributed by atoms with Crippen LogP contribution in [0.5, 0.6) is 17.2 Å². The molecule has 0 radical (unpaired) electrons. The number of ether oxygens (including phenoxy) is 3. The van der Waals surface area contributed by atoms with E-state index in [1.807, 2.05) is 19.1 Å². The standard InChI is InChI=1S/C30H31F6NO5/c1-2-19-40-25-9-3-21(4-10-25)20-37(39)17-15-24(16-18-37)28(38,22-5-11-26(12-6-22)41-29(31,32)33)23-7-13-27(14-8-23)42-30(34,35)36/h3-14,24,38H,2,15-20H2,1H3. The molecule has 6 nitrogen and oxygen atoms in total.